The molecule has 92 valence electrons. The minimum Gasteiger partial charge on any atom is -0.490 e. The predicted octanol–water partition coefficient (Wildman–Crippen LogP) is 4.08. The van der Waals surface area contributed by atoms with Gasteiger partial charge in [0, 0.05) is 17.3 Å². The van der Waals surface area contributed by atoms with Crippen molar-refractivity contribution >= 4 is 15.9 Å². The van der Waals surface area contributed by atoms with Crippen LogP contribution in [-0.4, -0.2) is 11.4 Å². The van der Waals surface area contributed by atoms with E-state index in [-0.39, 0.29) is 11.9 Å². The summed E-state index contributed by atoms with van der Waals surface area (Å²) in [7, 11) is 0. The zero-order chi connectivity index (χ0) is 11.9. The van der Waals surface area contributed by atoms with Crippen LogP contribution in [0.4, 0.5) is 4.39 Å². The topological polar surface area (TPSA) is 9.23 Å². The van der Waals surface area contributed by atoms with Gasteiger partial charge in [0.2, 0.25) is 0 Å². The molecule has 0 N–H and O–H groups in total. The second-order valence-corrected chi connectivity index (χ2v) is 5.95. The number of alkyl halides is 1. The van der Waals surface area contributed by atoms with Crippen LogP contribution in [0.15, 0.2) is 18.2 Å². The van der Waals surface area contributed by atoms with Crippen molar-refractivity contribution < 1.29 is 9.13 Å². The monoisotopic (exact) mass is 298 g/mol. The lowest BCUT2D eigenvalue weighted by Crippen LogP contribution is -2.36. The SMILES string of the molecule is Fc1ccc2c(c1)CC(CC1(CBr)CCC1)O2. The maximum Gasteiger partial charge on any atom is 0.123 e. The van der Waals surface area contributed by atoms with Gasteiger partial charge >= 0.3 is 0 Å². The van der Waals surface area contributed by atoms with Crippen LogP contribution in [0.5, 0.6) is 5.75 Å². The summed E-state index contributed by atoms with van der Waals surface area (Å²) in [5.74, 6) is 0.715. The molecule has 2 aliphatic rings. The molecule has 0 radical (unpaired) electrons. The van der Waals surface area contributed by atoms with Gasteiger partial charge in [-0.15, -0.1) is 0 Å². The summed E-state index contributed by atoms with van der Waals surface area (Å²) < 4.78 is 19.0. The van der Waals surface area contributed by atoms with Crippen molar-refractivity contribution in [3.05, 3.63) is 29.6 Å². The van der Waals surface area contributed by atoms with Crippen LogP contribution >= 0.6 is 15.9 Å². The molecule has 1 atom stereocenters. The first kappa shape index (κ1) is 11.5. The molecule has 1 aromatic carbocycles. The van der Waals surface area contributed by atoms with Crippen LogP contribution < -0.4 is 4.74 Å². The molecule has 1 nitrogen and oxygen atoms in total. The first-order valence-electron chi connectivity index (χ1n) is 6.22. The zero-order valence-corrected chi connectivity index (χ0v) is 11.3. The number of hydrogen-bond acceptors (Lipinski definition) is 1. The zero-order valence-electron chi connectivity index (χ0n) is 9.72. The normalized spacial score (nSPS) is 24.9. The van der Waals surface area contributed by atoms with Crippen LogP contribution in [0, 0.1) is 11.2 Å². The maximum atomic E-state index is 13.1. The van der Waals surface area contributed by atoms with Gasteiger partial charge in [-0.1, -0.05) is 22.4 Å². The van der Waals surface area contributed by atoms with E-state index in [1.54, 1.807) is 12.1 Å². The Bertz CT molecular complexity index is 423. The van der Waals surface area contributed by atoms with Crippen molar-refractivity contribution in [2.75, 3.05) is 5.33 Å². The molecule has 0 spiro atoms. The number of rotatable bonds is 3. The fourth-order valence-electron chi connectivity index (χ4n) is 2.95. The van der Waals surface area contributed by atoms with Crippen LogP contribution in [0.25, 0.3) is 0 Å². The molecule has 1 unspecified atom stereocenters. The summed E-state index contributed by atoms with van der Waals surface area (Å²) in [5.41, 5.74) is 1.46. The average molecular weight is 299 g/mol. The van der Waals surface area contributed by atoms with Gasteiger partial charge in [0.15, 0.2) is 0 Å². The van der Waals surface area contributed by atoms with Crippen LogP contribution in [0.2, 0.25) is 0 Å². The van der Waals surface area contributed by atoms with Crippen LogP contribution in [0.1, 0.15) is 31.2 Å². The quantitative estimate of drug-likeness (QED) is 0.764. The van der Waals surface area contributed by atoms with Crippen LogP contribution in [-0.2, 0) is 6.42 Å². The van der Waals surface area contributed by atoms with Gasteiger partial charge in [-0.2, -0.15) is 0 Å². The first-order chi connectivity index (χ1) is 8.21. The Hall–Kier alpha value is -0.570. The van der Waals surface area contributed by atoms with E-state index in [0.29, 0.717) is 5.41 Å². The van der Waals surface area contributed by atoms with E-state index in [9.17, 15) is 4.39 Å². The Morgan fingerprint density at radius 1 is 1.41 bits per heavy atom. The van der Waals surface area contributed by atoms with Gasteiger partial charge < -0.3 is 4.74 Å². The third-order valence-electron chi connectivity index (χ3n) is 4.12. The summed E-state index contributed by atoms with van der Waals surface area (Å²) >= 11 is 3.62. The van der Waals surface area contributed by atoms with Gasteiger partial charge in [-0.05, 0) is 42.9 Å². The number of fused-ring (bicyclic) bond motifs is 1. The van der Waals surface area contributed by atoms with Crippen molar-refractivity contribution in [1.82, 2.24) is 0 Å². The second kappa shape index (κ2) is 4.27. The third kappa shape index (κ3) is 2.10. The van der Waals surface area contributed by atoms with Gasteiger partial charge in [0.25, 0.3) is 0 Å². The summed E-state index contributed by atoms with van der Waals surface area (Å²) in [4.78, 5) is 0. The van der Waals surface area contributed by atoms with Crippen molar-refractivity contribution in [2.45, 2.75) is 38.2 Å². The van der Waals surface area contributed by atoms with Crippen molar-refractivity contribution in [1.29, 1.82) is 0 Å². The molecule has 1 aromatic rings. The van der Waals surface area contributed by atoms with Crippen molar-refractivity contribution in [2.24, 2.45) is 5.41 Å². The van der Waals surface area contributed by atoms with Gasteiger partial charge in [-0.25, -0.2) is 4.39 Å². The van der Waals surface area contributed by atoms with Gasteiger partial charge in [-0.3, -0.25) is 0 Å². The van der Waals surface area contributed by atoms with E-state index in [4.69, 9.17) is 4.74 Å². The minimum atomic E-state index is -0.160. The molecule has 0 amide bonds. The number of benzene rings is 1. The highest BCUT2D eigenvalue weighted by molar-refractivity contribution is 9.09. The van der Waals surface area contributed by atoms with E-state index in [0.717, 1.165) is 29.5 Å². The molecular formula is C14H16BrFO. The highest BCUT2D eigenvalue weighted by atomic mass is 79.9. The van der Waals surface area contributed by atoms with E-state index in [1.807, 2.05) is 0 Å². The molecule has 1 fully saturated rings. The fourth-order valence-corrected chi connectivity index (χ4v) is 3.74. The lowest BCUT2D eigenvalue weighted by Gasteiger charge is -2.42. The molecule has 1 saturated carbocycles. The summed E-state index contributed by atoms with van der Waals surface area (Å²) in [6.07, 6.45) is 6.12. The molecule has 0 saturated heterocycles. The summed E-state index contributed by atoms with van der Waals surface area (Å²) in [5, 5.41) is 1.06. The number of ether oxygens (including phenoxy) is 1. The highest BCUT2D eigenvalue weighted by Crippen LogP contribution is 2.48. The molecule has 3 rings (SSSR count). The van der Waals surface area contributed by atoms with Crippen LogP contribution in [0.3, 0.4) is 0 Å². The number of hydrogen-bond donors (Lipinski definition) is 0. The molecule has 1 heterocycles. The van der Waals surface area contributed by atoms with E-state index in [1.165, 1.54) is 25.3 Å². The van der Waals surface area contributed by atoms with Crippen molar-refractivity contribution in [3.63, 3.8) is 0 Å². The Morgan fingerprint density at radius 3 is 2.88 bits per heavy atom. The molecular weight excluding hydrogens is 283 g/mol. The third-order valence-corrected chi connectivity index (χ3v) is 5.31. The Labute approximate surface area is 109 Å². The largest absolute Gasteiger partial charge is 0.490 e. The molecule has 1 aliphatic carbocycles. The smallest absolute Gasteiger partial charge is 0.123 e. The van der Waals surface area contributed by atoms with E-state index in [2.05, 4.69) is 15.9 Å². The van der Waals surface area contributed by atoms with E-state index >= 15 is 0 Å². The first-order valence-corrected chi connectivity index (χ1v) is 7.34. The molecule has 17 heavy (non-hydrogen) atoms. The standard InChI is InChI=1S/C14H16BrFO/c15-9-14(4-1-5-14)8-12-7-10-6-11(16)2-3-13(10)17-12/h2-3,6,12H,1,4-5,7-9H2. The summed E-state index contributed by atoms with van der Waals surface area (Å²) in [6, 6.07) is 4.84. The Kier molecular flexibility index (Phi) is 2.89. The lowest BCUT2D eigenvalue weighted by atomic mass is 9.67. The highest BCUT2D eigenvalue weighted by Gasteiger charge is 2.40. The fraction of sp³-hybridized carbons (Fsp3) is 0.571. The molecule has 0 bridgehead atoms. The second-order valence-electron chi connectivity index (χ2n) is 5.39. The minimum absolute atomic E-state index is 0.160. The molecule has 3 heteroatoms. The predicted molar refractivity (Wildman–Crippen MR) is 69.2 cm³/mol. The average Bonchev–Trinajstić information content (AvgIpc) is 2.65. The molecule has 0 aromatic heterocycles. The number of halogens is 2. The van der Waals surface area contributed by atoms with E-state index < -0.39 is 0 Å². The lowest BCUT2D eigenvalue weighted by molar-refractivity contribution is 0.0846. The van der Waals surface area contributed by atoms with Gasteiger partial charge in [0.1, 0.15) is 17.7 Å². The maximum absolute atomic E-state index is 13.1. The van der Waals surface area contributed by atoms with Crippen molar-refractivity contribution in [3.8, 4) is 5.75 Å². The molecule has 1 aliphatic heterocycles. The Balaban J connectivity index is 1.70. The Morgan fingerprint density at radius 2 is 2.24 bits per heavy atom. The summed E-state index contributed by atoms with van der Waals surface area (Å²) in [6.45, 7) is 0. The van der Waals surface area contributed by atoms with Gasteiger partial charge in [0.05, 0.1) is 0 Å².